The predicted octanol–water partition coefficient (Wildman–Crippen LogP) is 2.31. The molecule has 0 aromatic carbocycles. The summed E-state index contributed by atoms with van der Waals surface area (Å²) in [5.41, 5.74) is 3.31. The van der Waals surface area contributed by atoms with E-state index in [1.807, 2.05) is 29.2 Å². The number of rotatable bonds is 5. The van der Waals surface area contributed by atoms with E-state index in [2.05, 4.69) is 19.9 Å². The Morgan fingerprint density at radius 2 is 2.00 bits per heavy atom. The van der Waals surface area contributed by atoms with E-state index < -0.39 is 5.91 Å². The third-order valence-corrected chi connectivity index (χ3v) is 6.05. The van der Waals surface area contributed by atoms with Crippen LogP contribution in [-0.2, 0) is 18.4 Å². The molecule has 0 bridgehead atoms. The second-order valence-corrected chi connectivity index (χ2v) is 8.10. The number of nitrogens with zero attached hydrogens (tertiary/aromatic N) is 5. The van der Waals surface area contributed by atoms with Crippen LogP contribution in [0.2, 0.25) is 0 Å². The number of nitrogens with one attached hydrogen (secondary N) is 1. The van der Waals surface area contributed by atoms with Gasteiger partial charge >= 0.3 is 0 Å². The minimum absolute atomic E-state index is 0.0899. The summed E-state index contributed by atoms with van der Waals surface area (Å²) in [6.45, 7) is 2.64. The van der Waals surface area contributed by atoms with Crippen LogP contribution in [0.4, 0.5) is 0 Å². The first kappa shape index (κ1) is 18.4. The number of H-pyrrole nitrogens is 1. The molecule has 0 aliphatic heterocycles. The number of hydrogen-bond donors (Lipinski definition) is 1. The molecule has 0 atom stereocenters. The van der Waals surface area contributed by atoms with Crippen molar-refractivity contribution >= 4 is 45.5 Å². The fourth-order valence-electron chi connectivity index (χ4n) is 4.26. The molecule has 152 valence electrons. The van der Waals surface area contributed by atoms with Crippen LogP contribution in [0, 0.1) is 0 Å². The molecule has 0 radical (unpaired) electrons. The molecule has 5 rings (SSSR count). The smallest absolute Gasteiger partial charge is 0.271 e. The zero-order chi connectivity index (χ0) is 20.3. The highest BCUT2D eigenvalue weighted by Crippen LogP contribution is 2.39. The standard InChI is InChI=1S/C20H23ClN6O2/c1-3-26-14(20(29)27(11-4-5-11)12-6-7-12)8-13-16-17(23-10-22-16)18(24-15(28)9-21)25(2)19(13)26/h8,10-12H,3-7,9H2,1-2H3,(H,22,23). The number of imidazole rings is 1. The molecule has 3 heterocycles. The van der Waals surface area contributed by atoms with E-state index in [-0.39, 0.29) is 11.8 Å². The molecule has 9 heteroatoms. The van der Waals surface area contributed by atoms with Crippen molar-refractivity contribution in [2.75, 3.05) is 5.88 Å². The highest BCUT2D eigenvalue weighted by molar-refractivity contribution is 6.27. The molecule has 0 spiro atoms. The van der Waals surface area contributed by atoms with Crippen molar-refractivity contribution in [2.45, 2.75) is 51.2 Å². The van der Waals surface area contributed by atoms with Gasteiger partial charge < -0.3 is 19.0 Å². The molecule has 3 aromatic rings. The van der Waals surface area contributed by atoms with Crippen LogP contribution in [0.25, 0.3) is 22.1 Å². The lowest BCUT2D eigenvalue weighted by Gasteiger charge is -2.23. The second-order valence-electron chi connectivity index (χ2n) is 7.83. The summed E-state index contributed by atoms with van der Waals surface area (Å²) in [6, 6.07) is 2.70. The van der Waals surface area contributed by atoms with Gasteiger partial charge in [0.15, 0.2) is 5.49 Å². The SMILES string of the molecule is CCn1c(C(=O)N(C2CC2)C2CC2)cc2c3nc[nH]c3c(=NC(=O)CCl)n(C)c21. The van der Waals surface area contributed by atoms with E-state index in [4.69, 9.17) is 11.6 Å². The van der Waals surface area contributed by atoms with Gasteiger partial charge in [0, 0.05) is 31.1 Å². The van der Waals surface area contributed by atoms with Crippen LogP contribution in [-0.4, -0.2) is 53.8 Å². The van der Waals surface area contributed by atoms with E-state index >= 15 is 0 Å². The van der Waals surface area contributed by atoms with E-state index in [1.165, 1.54) is 0 Å². The first-order valence-corrected chi connectivity index (χ1v) is 10.6. The van der Waals surface area contributed by atoms with Crippen molar-refractivity contribution in [2.24, 2.45) is 12.0 Å². The Labute approximate surface area is 172 Å². The molecule has 3 aromatic heterocycles. The summed E-state index contributed by atoms with van der Waals surface area (Å²) in [4.78, 5) is 39.3. The molecule has 29 heavy (non-hydrogen) atoms. The zero-order valence-corrected chi connectivity index (χ0v) is 17.2. The fraction of sp³-hybridized carbons (Fsp3) is 0.500. The summed E-state index contributed by atoms with van der Waals surface area (Å²) in [6.07, 6.45) is 5.95. The molecule has 2 aliphatic carbocycles. The maximum Gasteiger partial charge on any atom is 0.271 e. The number of carbonyl (C=O) groups excluding carboxylic acids is 2. The van der Waals surface area contributed by atoms with Crippen LogP contribution < -0.4 is 5.49 Å². The molecule has 2 aliphatic rings. The Kier molecular flexibility index (Phi) is 4.27. The summed E-state index contributed by atoms with van der Waals surface area (Å²) >= 11 is 5.67. The van der Waals surface area contributed by atoms with Crippen molar-refractivity contribution in [3.63, 3.8) is 0 Å². The number of aryl methyl sites for hydroxylation is 2. The number of aromatic nitrogens is 4. The van der Waals surface area contributed by atoms with E-state index in [0.29, 0.717) is 40.8 Å². The normalized spacial score (nSPS) is 17.4. The lowest BCUT2D eigenvalue weighted by atomic mass is 10.2. The average Bonchev–Trinajstić information content (AvgIpc) is 3.64. The number of fused-ring (bicyclic) bond motifs is 3. The van der Waals surface area contributed by atoms with Gasteiger partial charge in [-0.25, -0.2) is 4.98 Å². The number of alkyl halides is 1. The van der Waals surface area contributed by atoms with Crippen molar-refractivity contribution in [1.29, 1.82) is 0 Å². The molecule has 0 unspecified atom stereocenters. The predicted molar refractivity (Wildman–Crippen MR) is 110 cm³/mol. The monoisotopic (exact) mass is 414 g/mol. The number of aromatic amines is 1. The minimum Gasteiger partial charge on any atom is -0.342 e. The number of carbonyl (C=O) groups is 2. The number of pyridine rings is 1. The molecule has 1 N–H and O–H groups in total. The lowest BCUT2D eigenvalue weighted by Crippen LogP contribution is -2.36. The Morgan fingerprint density at radius 3 is 2.59 bits per heavy atom. The van der Waals surface area contributed by atoms with E-state index in [9.17, 15) is 9.59 Å². The quantitative estimate of drug-likeness (QED) is 0.650. The summed E-state index contributed by atoms with van der Waals surface area (Å²) < 4.78 is 3.85. The highest BCUT2D eigenvalue weighted by atomic mass is 35.5. The summed E-state index contributed by atoms with van der Waals surface area (Å²) in [5.74, 6) is -0.520. The van der Waals surface area contributed by atoms with Gasteiger partial charge in [-0.05, 0) is 38.7 Å². The van der Waals surface area contributed by atoms with Gasteiger partial charge in [0.05, 0.1) is 6.33 Å². The van der Waals surface area contributed by atoms with Gasteiger partial charge in [0.25, 0.3) is 11.8 Å². The topological polar surface area (TPSA) is 88.3 Å². The molecular weight excluding hydrogens is 392 g/mol. The summed E-state index contributed by atoms with van der Waals surface area (Å²) in [5, 5.41) is 0.873. The van der Waals surface area contributed by atoms with Crippen LogP contribution >= 0.6 is 11.6 Å². The third-order valence-electron chi connectivity index (χ3n) is 5.82. The Balaban J connectivity index is 1.78. The van der Waals surface area contributed by atoms with Crippen molar-refractivity contribution < 1.29 is 9.59 Å². The zero-order valence-electron chi connectivity index (χ0n) is 16.5. The molecule has 2 saturated carbocycles. The minimum atomic E-state index is -0.419. The Morgan fingerprint density at radius 1 is 1.31 bits per heavy atom. The van der Waals surface area contributed by atoms with Crippen molar-refractivity contribution in [1.82, 2.24) is 24.0 Å². The van der Waals surface area contributed by atoms with Crippen LogP contribution in [0.1, 0.15) is 43.1 Å². The Hall–Kier alpha value is -2.61. The first-order valence-electron chi connectivity index (χ1n) is 10.1. The number of amides is 2. The maximum absolute atomic E-state index is 13.5. The van der Waals surface area contributed by atoms with E-state index in [0.717, 1.165) is 36.7 Å². The van der Waals surface area contributed by atoms with Gasteiger partial charge in [-0.3, -0.25) is 9.59 Å². The van der Waals surface area contributed by atoms with Gasteiger partial charge in [-0.15, -0.1) is 11.6 Å². The summed E-state index contributed by atoms with van der Waals surface area (Å²) in [7, 11) is 1.85. The molecule has 2 fully saturated rings. The fourth-order valence-corrected chi connectivity index (χ4v) is 4.32. The van der Waals surface area contributed by atoms with Gasteiger partial charge in [0.2, 0.25) is 0 Å². The van der Waals surface area contributed by atoms with Crippen molar-refractivity contribution in [3.8, 4) is 0 Å². The second kappa shape index (κ2) is 6.73. The average molecular weight is 415 g/mol. The largest absolute Gasteiger partial charge is 0.342 e. The number of hydrogen-bond acceptors (Lipinski definition) is 3. The van der Waals surface area contributed by atoms with E-state index in [1.54, 1.807) is 6.33 Å². The molecular formula is C20H23ClN6O2. The molecule has 8 nitrogen and oxygen atoms in total. The highest BCUT2D eigenvalue weighted by Gasteiger charge is 2.43. The van der Waals surface area contributed by atoms with Crippen LogP contribution in [0.5, 0.6) is 0 Å². The van der Waals surface area contributed by atoms with Gasteiger partial charge in [-0.2, -0.15) is 4.99 Å². The Bertz CT molecular complexity index is 1200. The third kappa shape index (κ3) is 2.88. The maximum atomic E-state index is 13.5. The molecule has 0 saturated heterocycles. The number of halogens is 1. The first-order chi connectivity index (χ1) is 14.0. The molecule has 2 amide bonds. The van der Waals surface area contributed by atoms with Gasteiger partial charge in [-0.1, -0.05) is 0 Å². The van der Waals surface area contributed by atoms with Crippen LogP contribution in [0.15, 0.2) is 17.4 Å². The van der Waals surface area contributed by atoms with Crippen molar-refractivity contribution in [3.05, 3.63) is 23.6 Å². The lowest BCUT2D eigenvalue weighted by molar-refractivity contribution is -0.115. The van der Waals surface area contributed by atoms with Crippen LogP contribution in [0.3, 0.4) is 0 Å². The van der Waals surface area contributed by atoms with Gasteiger partial charge in [0.1, 0.15) is 28.3 Å².